The van der Waals surface area contributed by atoms with E-state index in [-0.39, 0.29) is 17.5 Å². The molecular weight excluding hydrogens is 328 g/mol. The molecule has 1 aliphatic heterocycles. The van der Waals surface area contributed by atoms with E-state index in [2.05, 4.69) is 24.3 Å². The third kappa shape index (κ3) is 3.12. The summed E-state index contributed by atoms with van der Waals surface area (Å²) in [5.74, 6) is 0.493. The van der Waals surface area contributed by atoms with Crippen LogP contribution in [0, 0.1) is 5.92 Å². The van der Waals surface area contributed by atoms with Crippen LogP contribution in [-0.4, -0.2) is 38.8 Å². The first kappa shape index (κ1) is 16.5. The minimum absolute atomic E-state index is 0.0121. The van der Waals surface area contributed by atoms with Gasteiger partial charge in [0.05, 0.1) is 5.52 Å². The SMILES string of the molecule is O=C(N1CCC(Cc2ccccc2)CC1)n1ccc2cc(O)cc(O)c21. The molecule has 2 heterocycles. The first-order valence-corrected chi connectivity index (χ1v) is 8.98. The molecule has 0 bridgehead atoms. The third-order valence-electron chi connectivity index (χ3n) is 5.21. The summed E-state index contributed by atoms with van der Waals surface area (Å²) < 4.78 is 1.47. The molecule has 26 heavy (non-hydrogen) atoms. The molecule has 5 nitrogen and oxygen atoms in total. The van der Waals surface area contributed by atoms with Crippen molar-refractivity contribution < 1.29 is 15.0 Å². The lowest BCUT2D eigenvalue weighted by atomic mass is 9.90. The van der Waals surface area contributed by atoms with E-state index < -0.39 is 0 Å². The molecule has 0 saturated carbocycles. The highest BCUT2D eigenvalue weighted by Gasteiger charge is 2.25. The van der Waals surface area contributed by atoms with Gasteiger partial charge < -0.3 is 15.1 Å². The minimum Gasteiger partial charge on any atom is -0.508 e. The highest BCUT2D eigenvalue weighted by atomic mass is 16.3. The molecule has 2 aromatic carbocycles. The van der Waals surface area contributed by atoms with Gasteiger partial charge >= 0.3 is 6.03 Å². The number of likely N-dealkylation sites (tertiary alicyclic amines) is 1. The van der Waals surface area contributed by atoms with Gasteiger partial charge in [0.25, 0.3) is 0 Å². The molecule has 0 unspecified atom stereocenters. The number of piperidine rings is 1. The van der Waals surface area contributed by atoms with Crippen molar-refractivity contribution >= 4 is 16.9 Å². The molecule has 0 aliphatic carbocycles. The maximum Gasteiger partial charge on any atom is 0.328 e. The smallest absolute Gasteiger partial charge is 0.328 e. The Balaban J connectivity index is 1.46. The van der Waals surface area contributed by atoms with Gasteiger partial charge in [-0.2, -0.15) is 0 Å². The number of carbonyl (C=O) groups excluding carboxylic acids is 1. The number of rotatable bonds is 2. The van der Waals surface area contributed by atoms with Gasteiger partial charge in [0, 0.05) is 30.7 Å². The Morgan fingerprint density at radius 2 is 1.77 bits per heavy atom. The number of aromatic nitrogens is 1. The lowest BCUT2D eigenvalue weighted by Crippen LogP contribution is -2.41. The van der Waals surface area contributed by atoms with Gasteiger partial charge in [0.15, 0.2) is 0 Å². The van der Waals surface area contributed by atoms with Gasteiger partial charge in [0.2, 0.25) is 0 Å². The van der Waals surface area contributed by atoms with E-state index in [4.69, 9.17) is 0 Å². The number of nitrogens with zero attached hydrogens (tertiary/aromatic N) is 2. The zero-order chi connectivity index (χ0) is 18.1. The molecular formula is C21H22N2O3. The monoisotopic (exact) mass is 350 g/mol. The zero-order valence-corrected chi connectivity index (χ0v) is 14.5. The summed E-state index contributed by atoms with van der Waals surface area (Å²) in [4.78, 5) is 14.7. The van der Waals surface area contributed by atoms with Crippen molar-refractivity contribution in [2.24, 2.45) is 5.92 Å². The number of hydrogen-bond donors (Lipinski definition) is 2. The van der Waals surface area contributed by atoms with Crippen LogP contribution < -0.4 is 0 Å². The topological polar surface area (TPSA) is 65.7 Å². The molecule has 134 valence electrons. The summed E-state index contributed by atoms with van der Waals surface area (Å²) in [6, 6.07) is 14.9. The molecule has 2 N–H and O–H groups in total. The van der Waals surface area contributed by atoms with Crippen molar-refractivity contribution in [3.63, 3.8) is 0 Å². The van der Waals surface area contributed by atoms with Crippen molar-refractivity contribution in [1.82, 2.24) is 9.47 Å². The number of phenolic OH excluding ortho intramolecular Hbond substituents is 2. The van der Waals surface area contributed by atoms with Gasteiger partial charge in [-0.05, 0) is 42.9 Å². The average molecular weight is 350 g/mol. The van der Waals surface area contributed by atoms with Gasteiger partial charge in [-0.25, -0.2) is 4.79 Å². The van der Waals surface area contributed by atoms with Crippen LogP contribution in [0.15, 0.2) is 54.7 Å². The van der Waals surface area contributed by atoms with Crippen LogP contribution in [-0.2, 0) is 6.42 Å². The van der Waals surface area contributed by atoms with Crippen LogP contribution in [0.1, 0.15) is 18.4 Å². The average Bonchev–Trinajstić information content (AvgIpc) is 3.07. The van der Waals surface area contributed by atoms with E-state index in [9.17, 15) is 15.0 Å². The Kier molecular flexibility index (Phi) is 4.29. The molecule has 1 fully saturated rings. The molecule has 5 heteroatoms. The Morgan fingerprint density at radius 3 is 2.50 bits per heavy atom. The lowest BCUT2D eigenvalue weighted by Gasteiger charge is -2.32. The highest BCUT2D eigenvalue weighted by Crippen LogP contribution is 2.31. The number of carbonyl (C=O) groups is 1. The normalized spacial score (nSPS) is 15.5. The largest absolute Gasteiger partial charge is 0.508 e. The van der Waals surface area contributed by atoms with Gasteiger partial charge in [-0.15, -0.1) is 0 Å². The van der Waals surface area contributed by atoms with Crippen LogP contribution in [0.4, 0.5) is 4.79 Å². The number of phenols is 2. The molecule has 0 spiro atoms. The van der Waals surface area contributed by atoms with Crippen LogP contribution in [0.25, 0.3) is 10.9 Å². The molecule has 1 aliphatic rings. The number of fused-ring (bicyclic) bond motifs is 1. The van der Waals surface area contributed by atoms with E-state index in [1.165, 1.54) is 16.2 Å². The Hall–Kier alpha value is -2.95. The Bertz CT molecular complexity index is 925. The summed E-state index contributed by atoms with van der Waals surface area (Å²) >= 11 is 0. The van der Waals surface area contributed by atoms with Crippen molar-refractivity contribution in [3.8, 4) is 11.5 Å². The van der Waals surface area contributed by atoms with Crippen LogP contribution in [0.3, 0.4) is 0 Å². The maximum absolute atomic E-state index is 12.9. The first-order chi connectivity index (χ1) is 12.6. The fourth-order valence-electron chi connectivity index (χ4n) is 3.83. The van der Waals surface area contributed by atoms with Crippen LogP contribution >= 0.6 is 0 Å². The summed E-state index contributed by atoms with van der Waals surface area (Å²) in [7, 11) is 0. The molecule has 0 radical (unpaired) electrons. The number of aromatic hydroxyl groups is 2. The fourth-order valence-corrected chi connectivity index (χ4v) is 3.83. The van der Waals surface area contributed by atoms with Gasteiger partial charge in [0.1, 0.15) is 11.5 Å². The van der Waals surface area contributed by atoms with Gasteiger partial charge in [-0.3, -0.25) is 4.57 Å². The summed E-state index contributed by atoms with van der Waals surface area (Å²) in [5.41, 5.74) is 1.79. The quantitative estimate of drug-likeness (QED) is 0.735. The summed E-state index contributed by atoms with van der Waals surface area (Å²) in [6.45, 7) is 1.43. The van der Waals surface area contributed by atoms with Crippen molar-refractivity contribution in [2.45, 2.75) is 19.3 Å². The molecule has 1 aromatic heterocycles. The molecule has 1 saturated heterocycles. The minimum atomic E-state index is -0.126. The van der Waals surface area contributed by atoms with Crippen molar-refractivity contribution in [1.29, 1.82) is 0 Å². The zero-order valence-electron chi connectivity index (χ0n) is 14.5. The van der Waals surface area contributed by atoms with E-state index in [1.54, 1.807) is 18.3 Å². The summed E-state index contributed by atoms with van der Waals surface area (Å²) in [6.07, 6.45) is 4.66. The van der Waals surface area contributed by atoms with Crippen molar-refractivity contribution in [2.75, 3.05) is 13.1 Å². The Morgan fingerprint density at radius 1 is 1.04 bits per heavy atom. The first-order valence-electron chi connectivity index (χ1n) is 8.98. The second kappa shape index (κ2) is 6.75. The number of amides is 1. The Labute approximate surface area is 152 Å². The maximum atomic E-state index is 12.9. The van der Waals surface area contributed by atoms with Gasteiger partial charge in [-0.1, -0.05) is 30.3 Å². The van der Waals surface area contributed by atoms with E-state index in [0.717, 1.165) is 32.4 Å². The predicted molar refractivity (Wildman–Crippen MR) is 101 cm³/mol. The summed E-state index contributed by atoms with van der Waals surface area (Å²) in [5, 5.41) is 20.4. The highest BCUT2D eigenvalue weighted by molar-refractivity contribution is 5.95. The van der Waals surface area contributed by atoms with E-state index in [1.807, 2.05) is 11.0 Å². The molecule has 1 amide bonds. The fraction of sp³-hybridized carbons (Fsp3) is 0.286. The van der Waals surface area contributed by atoms with Crippen molar-refractivity contribution in [3.05, 3.63) is 60.3 Å². The number of hydrogen-bond acceptors (Lipinski definition) is 3. The second-order valence-corrected chi connectivity index (χ2v) is 6.99. The molecule has 4 rings (SSSR count). The lowest BCUT2D eigenvalue weighted by molar-refractivity contribution is 0.172. The molecule has 3 aromatic rings. The van der Waals surface area contributed by atoms with E-state index in [0.29, 0.717) is 16.8 Å². The predicted octanol–water partition coefficient (Wildman–Crippen LogP) is 3.98. The second-order valence-electron chi connectivity index (χ2n) is 6.99. The number of benzene rings is 2. The third-order valence-corrected chi connectivity index (χ3v) is 5.21. The standard InChI is InChI=1S/C21H22N2O3/c24-18-13-17-8-11-23(20(17)19(25)14-18)21(26)22-9-6-16(7-10-22)12-15-4-2-1-3-5-15/h1-5,8,11,13-14,16,24-25H,6-7,9-10,12H2. The van der Waals surface area contributed by atoms with E-state index >= 15 is 0 Å². The van der Waals surface area contributed by atoms with Crippen LogP contribution in [0.2, 0.25) is 0 Å². The van der Waals surface area contributed by atoms with Crippen LogP contribution in [0.5, 0.6) is 11.5 Å². The molecule has 0 atom stereocenters.